The normalized spacial score (nSPS) is 16.5. The molecular formula is C16H26IN3O. The van der Waals surface area contributed by atoms with Gasteiger partial charge in [-0.05, 0) is 32.3 Å². The highest BCUT2D eigenvalue weighted by atomic mass is 127. The van der Waals surface area contributed by atoms with Crippen LogP contribution in [0.5, 0.6) is 0 Å². The van der Waals surface area contributed by atoms with Crippen molar-refractivity contribution in [2.45, 2.75) is 32.8 Å². The largest absolute Gasteiger partial charge is 0.386 e. The first-order chi connectivity index (χ1) is 9.70. The van der Waals surface area contributed by atoms with E-state index in [1.807, 2.05) is 31.2 Å². The third kappa shape index (κ3) is 5.47. The molecule has 1 heterocycles. The van der Waals surface area contributed by atoms with Crippen LogP contribution in [-0.2, 0) is 0 Å². The van der Waals surface area contributed by atoms with Crippen LogP contribution in [0.2, 0.25) is 0 Å². The van der Waals surface area contributed by atoms with E-state index in [1.165, 1.54) is 18.4 Å². The summed E-state index contributed by atoms with van der Waals surface area (Å²) in [4.78, 5) is 6.84. The molecule has 1 aliphatic rings. The highest BCUT2D eigenvalue weighted by Gasteiger charge is 2.16. The summed E-state index contributed by atoms with van der Waals surface area (Å²) < 4.78 is 0. The Morgan fingerprint density at radius 3 is 2.48 bits per heavy atom. The van der Waals surface area contributed by atoms with Crippen LogP contribution in [0.25, 0.3) is 0 Å². The summed E-state index contributed by atoms with van der Waals surface area (Å²) in [6.07, 6.45) is 1.92. The first-order valence-corrected chi connectivity index (χ1v) is 7.48. The van der Waals surface area contributed by atoms with E-state index < -0.39 is 6.10 Å². The maximum atomic E-state index is 10.2. The van der Waals surface area contributed by atoms with Crippen molar-refractivity contribution in [1.29, 1.82) is 0 Å². The van der Waals surface area contributed by atoms with Crippen LogP contribution in [0.15, 0.2) is 29.3 Å². The van der Waals surface area contributed by atoms with Crippen molar-refractivity contribution in [3.05, 3.63) is 35.4 Å². The SMILES string of the molecule is CCNC(=NCC(O)c1ccc(C)cc1)N1CCCC1.I. The van der Waals surface area contributed by atoms with Crippen LogP contribution < -0.4 is 5.32 Å². The number of likely N-dealkylation sites (tertiary alicyclic amines) is 1. The molecule has 0 spiro atoms. The van der Waals surface area contributed by atoms with Crippen molar-refractivity contribution in [3.8, 4) is 0 Å². The molecule has 2 N–H and O–H groups in total. The van der Waals surface area contributed by atoms with Crippen molar-refractivity contribution >= 4 is 29.9 Å². The molecule has 5 heteroatoms. The van der Waals surface area contributed by atoms with Gasteiger partial charge in [0.05, 0.1) is 12.6 Å². The van der Waals surface area contributed by atoms with Crippen molar-refractivity contribution in [2.24, 2.45) is 4.99 Å². The third-order valence-electron chi connectivity index (χ3n) is 3.62. The van der Waals surface area contributed by atoms with Gasteiger partial charge < -0.3 is 15.3 Å². The lowest BCUT2D eigenvalue weighted by Gasteiger charge is -2.21. The Labute approximate surface area is 144 Å². The molecular weight excluding hydrogens is 377 g/mol. The lowest BCUT2D eigenvalue weighted by Crippen LogP contribution is -2.39. The number of nitrogens with zero attached hydrogens (tertiary/aromatic N) is 2. The van der Waals surface area contributed by atoms with Gasteiger partial charge in [-0.2, -0.15) is 0 Å². The minimum Gasteiger partial charge on any atom is -0.386 e. The van der Waals surface area contributed by atoms with Crippen LogP contribution in [0, 0.1) is 6.92 Å². The molecule has 1 aromatic carbocycles. The van der Waals surface area contributed by atoms with Crippen LogP contribution in [-0.4, -0.2) is 42.1 Å². The Hall–Kier alpha value is -0.820. The van der Waals surface area contributed by atoms with Gasteiger partial charge >= 0.3 is 0 Å². The van der Waals surface area contributed by atoms with Crippen molar-refractivity contribution in [1.82, 2.24) is 10.2 Å². The van der Waals surface area contributed by atoms with Gasteiger partial charge in [0.25, 0.3) is 0 Å². The molecule has 0 bridgehead atoms. The summed E-state index contributed by atoms with van der Waals surface area (Å²) in [5, 5.41) is 13.5. The Kier molecular flexibility index (Phi) is 8.03. The van der Waals surface area contributed by atoms with Gasteiger partial charge in [-0.3, -0.25) is 4.99 Å². The summed E-state index contributed by atoms with van der Waals surface area (Å²) in [7, 11) is 0. The number of hydrogen-bond acceptors (Lipinski definition) is 2. The fourth-order valence-corrected chi connectivity index (χ4v) is 2.42. The fraction of sp³-hybridized carbons (Fsp3) is 0.562. The van der Waals surface area contributed by atoms with E-state index in [1.54, 1.807) is 0 Å². The minimum absolute atomic E-state index is 0. The molecule has 0 aromatic heterocycles. The van der Waals surface area contributed by atoms with Crippen LogP contribution in [0.4, 0.5) is 0 Å². The zero-order valence-electron chi connectivity index (χ0n) is 12.9. The topological polar surface area (TPSA) is 47.9 Å². The number of benzene rings is 1. The Balaban J connectivity index is 0.00000220. The lowest BCUT2D eigenvalue weighted by atomic mass is 10.1. The summed E-state index contributed by atoms with van der Waals surface area (Å²) in [5.41, 5.74) is 2.13. The highest BCUT2D eigenvalue weighted by molar-refractivity contribution is 14.0. The zero-order chi connectivity index (χ0) is 14.4. The van der Waals surface area contributed by atoms with Gasteiger partial charge in [0.2, 0.25) is 0 Å². The third-order valence-corrected chi connectivity index (χ3v) is 3.62. The van der Waals surface area contributed by atoms with Gasteiger partial charge in [-0.15, -0.1) is 24.0 Å². The molecule has 4 nitrogen and oxygen atoms in total. The smallest absolute Gasteiger partial charge is 0.194 e. The monoisotopic (exact) mass is 403 g/mol. The van der Waals surface area contributed by atoms with Crippen LogP contribution in [0.3, 0.4) is 0 Å². The summed E-state index contributed by atoms with van der Waals surface area (Å²) in [5.74, 6) is 0.927. The number of aliphatic hydroxyl groups excluding tert-OH is 1. The molecule has 1 saturated heterocycles. The first kappa shape index (κ1) is 18.2. The number of aliphatic hydroxyl groups is 1. The van der Waals surface area contributed by atoms with Crippen LogP contribution in [0.1, 0.15) is 37.0 Å². The average molecular weight is 403 g/mol. The lowest BCUT2D eigenvalue weighted by molar-refractivity contribution is 0.186. The van der Waals surface area contributed by atoms with E-state index in [9.17, 15) is 5.11 Å². The average Bonchev–Trinajstić information content (AvgIpc) is 2.98. The molecule has 1 aromatic rings. The Bertz CT molecular complexity index is 441. The van der Waals surface area contributed by atoms with E-state index in [4.69, 9.17) is 0 Å². The Morgan fingerprint density at radius 1 is 1.29 bits per heavy atom. The molecule has 118 valence electrons. The van der Waals surface area contributed by atoms with E-state index in [-0.39, 0.29) is 24.0 Å². The number of aliphatic imine (C=N–C) groups is 1. The maximum Gasteiger partial charge on any atom is 0.194 e. The first-order valence-electron chi connectivity index (χ1n) is 7.48. The van der Waals surface area contributed by atoms with Crippen molar-refractivity contribution in [2.75, 3.05) is 26.2 Å². The molecule has 1 fully saturated rings. The van der Waals surface area contributed by atoms with Crippen LogP contribution >= 0.6 is 24.0 Å². The predicted octanol–water partition coefficient (Wildman–Crippen LogP) is 2.71. The van der Waals surface area contributed by atoms with Crippen molar-refractivity contribution < 1.29 is 5.11 Å². The van der Waals surface area contributed by atoms with Crippen molar-refractivity contribution in [3.63, 3.8) is 0 Å². The molecule has 1 atom stereocenters. The number of guanidine groups is 1. The Morgan fingerprint density at radius 2 is 1.90 bits per heavy atom. The number of hydrogen-bond donors (Lipinski definition) is 2. The highest BCUT2D eigenvalue weighted by Crippen LogP contribution is 2.14. The number of nitrogens with one attached hydrogen (secondary N) is 1. The van der Waals surface area contributed by atoms with Gasteiger partial charge in [-0.25, -0.2) is 0 Å². The zero-order valence-corrected chi connectivity index (χ0v) is 15.2. The molecule has 21 heavy (non-hydrogen) atoms. The van der Waals surface area contributed by atoms with E-state index in [2.05, 4.69) is 22.1 Å². The van der Waals surface area contributed by atoms with Gasteiger partial charge in [0.15, 0.2) is 5.96 Å². The molecule has 0 aliphatic carbocycles. The standard InChI is InChI=1S/C16H25N3O.HI/c1-3-17-16(19-10-4-5-11-19)18-12-15(20)14-8-6-13(2)7-9-14;/h6-9,15,20H,3-5,10-12H2,1-2H3,(H,17,18);1H. The second-order valence-electron chi connectivity index (χ2n) is 5.32. The quantitative estimate of drug-likeness (QED) is 0.462. The minimum atomic E-state index is -0.535. The molecule has 1 unspecified atom stereocenters. The summed E-state index contributed by atoms with van der Waals surface area (Å²) in [6.45, 7) is 7.50. The molecule has 2 rings (SSSR count). The number of aryl methyl sites for hydroxylation is 1. The predicted molar refractivity (Wildman–Crippen MR) is 98.3 cm³/mol. The van der Waals surface area contributed by atoms with Gasteiger partial charge in [0, 0.05) is 19.6 Å². The second kappa shape index (κ2) is 9.25. The fourth-order valence-electron chi connectivity index (χ4n) is 2.42. The van der Waals surface area contributed by atoms with E-state index >= 15 is 0 Å². The van der Waals surface area contributed by atoms with E-state index in [0.29, 0.717) is 6.54 Å². The van der Waals surface area contributed by atoms with E-state index in [0.717, 1.165) is 31.2 Å². The maximum absolute atomic E-state index is 10.2. The molecule has 0 saturated carbocycles. The number of rotatable bonds is 4. The number of halogens is 1. The summed E-state index contributed by atoms with van der Waals surface area (Å²) in [6, 6.07) is 7.98. The van der Waals surface area contributed by atoms with Gasteiger partial charge in [-0.1, -0.05) is 29.8 Å². The second-order valence-corrected chi connectivity index (χ2v) is 5.32. The van der Waals surface area contributed by atoms with Gasteiger partial charge in [0.1, 0.15) is 0 Å². The molecule has 0 radical (unpaired) electrons. The molecule has 0 amide bonds. The summed E-state index contributed by atoms with van der Waals surface area (Å²) >= 11 is 0. The molecule has 1 aliphatic heterocycles.